The molecular weight excluding hydrogens is 406 g/mol. The van der Waals surface area contributed by atoms with Crippen molar-refractivity contribution in [1.82, 2.24) is 4.90 Å². The molecule has 2 aliphatic rings. The standard InChI is InChI=1S/C25H23N3O4/c1-27-15-19(18-11-5-8-14-22(18)32-16-17-9-3-2-4-10-17)23(28(30)31)25(27)20-12-6-7-13-21(20)26-24(25)29/h2-14,19,23H,15-16H2,1H3,(H,26,29)/t19-,23-,25-/m1/s1. The number of likely N-dealkylation sites (tertiary alicyclic amines) is 1. The zero-order chi connectivity index (χ0) is 22.3. The number of nitrogens with one attached hydrogen (secondary N) is 1. The summed E-state index contributed by atoms with van der Waals surface area (Å²) >= 11 is 0. The van der Waals surface area contributed by atoms with Crippen LogP contribution in [-0.4, -0.2) is 35.4 Å². The summed E-state index contributed by atoms with van der Waals surface area (Å²) in [6.07, 6.45) is 0. The summed E-state index contributed by atoms with van der Waals surface area (Å²) in [6.45, 7) is 0.719. The summed E-state index contributed by atoms with van der Waals surface area (Å²) in [5.41, 5.74) is 1.67. The van der Waals surface area contributed by atoms with E-state index in [1.807, 2.05) is 71.6 Å². The van der Waals surface area contributed by atoms with Crippen molar-refractivity contribution < 1.29 is 14.5 Å². The number of anilines is 1. The molecule has 5 rings (SSSR count). The summed E-state index contributed by atoms with van der Waals surface area (Å²) < 4.78 is 6.10. The van der Waals surface area contributed by atoms with E-state index in [4.69, 9.17) is 4.74 Å². The Morgan fingerprint density at radius 1 is 1.06 bits per heavy atom. The maximum absolute atomic E-state index is 13.3. The molecule has 32 heavy (non-hydrogen) atoms. The van der Waals surface area contributed by atoms with Gasteiger partial charge in [-0.3, -0.25) is 19.8 Å². The third-order valence-corrected chi connectivity index (χ3v) is 6.60. The number of hydrogen-bond acceptors (Lipinski definition) is 5. The molecule has 3 atom stereocenters. The highest BCUT2D eigenvalue weighted by molar-refractivity contribution is 6.06. The largest absolute Gasteiger partial charge is 0.489 e. The van der Waals surface area contributed by atoms with Gasteiger partial charge in [-0.05, 0) is 24.7 Å². The molecule has 1 amide bonds. The molecule has 0 saturated carbocycles. The first kappa shape index (κ1) is 20.2. The molecule has 0 aromatic heterocycles. The van der Waals surface area contributed by atoms with Gasteiger partial charge in [-0.25, -0.2) is 0 Å². The maximum Gasteiger partial charge on any atom is 0.256 e. The number of rotatable bonds is 5. The van der Waals surface area contributed by atoms with Gasteiger partial charge in [0.05, 0.1) is 5.92 Å². The van der Waals surface area contributed by atoms with Crippen LogP contribution in [-0.2, 0) is 16.9 Å². The van der Waals surface area contributed by atoms with E-state index >= 15 is 0 Å². The number of carbonyl (C=O) groups is 1. The van der Waals surface area contributed by atoms with Crippen LogP contribution in [0.3, 0.4) is 0 Å². The first-order chi connectivity index (χ1) is 15.5. The van der Waals surface area contributed by atoms with Gasteiger partial charge in [-0.2, -0.15) is 0 Å². The van der Waals surface area contributed by atoms with Crippen LogP contribution in [0.25, 0.3) is 0 Å². The fraction of sp³-hybridized carbons (Fsp3) is 0.240. The third-order valence-electron chi connectivity index (χ3n) is 6.60. The van der Waals surface area contributed by atoms with Crippen LogP contribution >= 0.6 is 0 Å². The fourth-order valence-corrected chi connectivity index (χ4v) is 5.21. The summed E-state index contributed by atoms with van der Waals surface area (Å²) in [4.78, 5) is 27.3. The van der Waals surface area contributed by atoms with E-state index < -0.39 is 17.5 Å². The second-order valence-corrected chi connectivity index (χ2v) is 8.30. The van der Waals surface area contributed by atoms with Gasteiger partial charge in [0.1, 0.15) is 12.4 Å². The van der Waals surface area contributed by atoms with Crippen molar-refractivity contribution in [2.75, 3.05) is 18.9 Å². The van der Waals surface area contributed by atoms with E-state index in [2.05, 4.69) is 5.32 Å². The van der Waals surface area contributed by atoms with E-state index in [0.29, 0.717) is 30.2 Å². The molecule has 2 aliphatic heterocycles. The van der Waals surface area contributed by atoms with Crippen LogP contribution in [0.15, 0.2) is 78.9 Å². The minimum absolute atomic E-state index is 0.302. The number of carbonyl (C=O) groups excluding carboxylic acids is 1. The van der Waals surface area contributed by atoms with Crippen molar-refractivity contribution >= 4 is 11.6 Å². The summed E-state index contributed by atoms with van der Waals surface area (Å²) in [7, 11) is 1.78. The zero-order valence-corrected chi connectivity index (χ0v) is 17.6. The van der Waals surface area contributed by atoms with Gasteiger partial charge < -0.3 is 10.1 Å². The van der Waals surface area contributed by atoms with Crippen LogP contribution in [0, 0.1) is 10.1 Å². The van der Waals surface area contributed by atoms with Gasteiger partial charge >= 0.3 is 0 Å². The van der Waals surface area contributed by atoms with Gasteiger partial charge in [0.25, 0.3) is 11.9 Å². The van der Waals surface area contributed by atoms with Gasteiger partial charge in [0.2, 0.25) is 0 Å². The van der Waals surface area contributed by atoms with E-state index in [1.165, 1.54) is 0 Å². The minimum atomic E-state index is -1.36. The monoisotopic (exact) mass is 429 g/mol. The molecule has 0 unspecified atom stereocenters. The molecular formula is C25H23N3O4. The van der Waals surface area contributed by atoms with Crippen molar-refractivity contribution in [3.8, 4) is 5.75 Å². The van der Waals surface area contributed by atoms with Crippen LogP contribution in [0.2, 0.25) is 0 Å². The number of para-hydroxylation sites is 2. The Hall–Kier alpha value is -3.71. The van der Waals surface area contributed by atoms with Gasteiger partial charge in [0, 0.05) is 28.3 Å². The highest BCUT2D eigenvalue weighted by Crippen LogP contribution is 2.52. The lowest BCUT2D eigenvalue weighted by molar-refractivity contribution is -0.534. The Bertz CT molecular complexity index is 1180. The second kappa shape index (κ2) is 7.76. The number of nitro groups is 1. The molecule has 1 fully saturated rings. The average Bonchev–Trinajstić information content (AvgIpc) is 3.28. The predicted molar refractivity (Wildman–Crippen MR) is 120 cm³/mol. The molecule has 1 spiro atoms. The number of hydrogen-bond donors (Lipinski definition) is 1. The van der Waals surface area contributed by atoms with Crippen LogP contribution in [0.1, 0.15) is 22.6 Å². The molecule has 0 bridgehead atoms. The van der Waals surface area contributed by atoms with Crippen LogP contribution < -0.4 is 10.1 Å². The molecule has 0 aliphatic carbocycles. The molecule has 1 saturated heterocycles. The Balaban J connectivity index is 1.56. The van der Waals surface area contributed by atoms with Gasteiger partial charge in [0.15, 0.2) is 5.54 Å². The highest BCUT2D eigenvalue weighted by Gasteiger charge is 2.68. The van der Waals surface area contributed by atoms with E-state index in [1.54, 1.807) is 19.2 Å². The Morgan fingerprint density at radius 2 is 1.75 bits per heavy atom. The lowest BCUT2D eigenvalue weighted by Gasteiger charge is -2.30. The number of ether oxygens (including phenoxy) is 1. The van der Waals surface area contributed by atoms with Gasteiger partial charge in [-0.15, -0.1) is 0 Å². The Labute approximate surface area is 185 Å². The van der Waals surface area contributed by atoms with Crippen LogP contribution in [0.5, 0.6) is 5.75 Å². The molecule has 7 nitrogen and oxygen atoms in total. The van der Waals surface area contributed by atoms with Crippen molar-refractivity contribution in [3.63, 3.8) is 0 Å². The minimum Gasteiger partial charge on any atom is -0.489 e. The Morgan fingerprint density at radius 3 is 2.53 bits per heavy atom. The van der Waals surface area contributed by atoms with Crippen molar-refractivity contribution in [1.29, 1.82) is 0 Å². The van der Waals surface area contributed by atoms with Crippen molar-refractivity contribution in [2.45, 2.75) is 24.1 Å². The normalized spacial score (nSPS) is 24.3. The number of amides is 1. The van der Waals surface area contributed by atoms with Gasteiger partial charge in [-0.1, -0.05) is 66.7 Å². The number of nitrogens with zero attached hydrogens (tertiary/aromatic N) is 2. The zero-order valence-electron chi connectivity index (χ0n) is 17.6. The molecule has 2 heterocycles. The molecule has 1 N–H and O–H groups in total. The molecule has 7 heteroatoms. The van der Waals surface area contributed by atoms with Crippen molar-refractivity contribution in [3.05, 3.63) is 106 Å². The van der Waals surface area contributed by atoms with E-state index in [0.717, 1.165) is 11.1 Å². The van der Waals surface area contributed by atoms with E-state index in [9.17, 15) is 14.9 Å². The quantitative estimate of drug-likeness (QED) is 0.493. The topological polar surface area (TPSA) is 84.7 Å². The SMILES string of the molecule is CN1C[C@H](c2ccccc2OCc2ccccc2)[C@@H]([N+](=O)[O-])[C@]12C(=O)Nc1ccccc12. The highest BCUT2D eigenvalue weighted by atomic mass is 16.6. The summed E-state index contributed by atoms with van der Waals surface area (Å²) in [5.74, 6) is -0.266. The molecule has 162 valence electrons. The second-order valence-electron chi connectivity index (χ2n) is 8.30. The Kier molecular flexibility index (Phi) is 4.90. The van der Waals surface area contributed by atoms with E-state index in [-0.39, 0.29) is 10.8 Å². The van der Waals surface area contributed by atoms with Crippen LogP contribution in [0.4, 0.5) is 5.69 Å². The molecule has 3 aromatic rings. The maximum atomic E-state index is 13.3. The predicted octanol–water partition coefficient (Wildman–Crippen LogP) is 3.79. The van der Waals surface area contributed by atoms with Crippen molar-refractivity contribution in [2.24, 2.45) is 0 Å². The number of fused-ring (bicyclic) bond motifs is 2. The first-order valence-electron chi connectivity index (χ1n) is 10.5. The number of likely N-dealkylation sites (N-methyl/N-ethyl adjacent to an activating group) is 1. The third kappa shape index (κ3) is 2.97. The summed E-state index contributed by atoms with van der Waals surface area (Å²) in [5, 5.41) is 15.4. The molecule has 3 aromatic carbocycles. The lowest BCUT2D eigenvalue weighted by Crippen LogP contribution is -2.54. The smallest absolute Gasteiger partial charge is 0.256 e. The lowest BCUT2D eigenvalue weighted by atomic mass is 9.79. The average molecular weight is 429 g/mol. The summed E-state index contributed by atoms with van der Waals surface area (Å²) in [6, 6.07) is 23.3. The first-order valence-corrected chi connectivity index (χ1v) is 10.5. The molecule has 0 radical (unpaired) electrons. The number of benzene rings is 3. The fourth-order valence-electron chi connectivity index (χ4n) is 5.21.